The van der Waals surface area contributed by atoms with Crippen molar-refractivity contribution >= 4 is 29.2 Å². The fraction of sp³-hybridized carbons (Fsp3) is 0.179. The number of aromatic amines is 1. The van der Waals surface area contributed by atoms with Crippen molar-refractivity contribution in [1.82, 2.24) is 19.4 Å². The van der Waals surface area contributed by atoms with Crippen molar-refractivity contribution in [1.29, 1.82) is 0 Å². The molecule has 39 heavy (non-hydrogen) atoms. The van der Waals surface area contributed by atoms with Crippen molar-refractivity contribution in [3.05, 3.63) is 93.5 Å². The zero-order chi connectivity index (χ0) is 27.8. The summed E-state index contributed by atoms with van der Waals surface area (Å²) in [6.07, 6.45) is 1.65. The zero-order valence-electron chi connectivity index (χ0n) is 21.2. The first-order valence-corrected chi connectivity index (χ1v) is 12.2. The van der Waals surface area contributed by atoms with Gasteiger partial charge in [0.05, 0.1) is 35.7 Å². The predicted octanol–water partition coefficient (Wildman–Crippen LogP) is 2.62. The number of aromatic nitrogens is 3. The lowest BCUT2D eigenvalue weighted by Gasteiger charge is -2.13. The molecule has 0 bridgehead atoms. The van der Waals surface area contributed by atoms with Gasteiger partial charge in [0.25, 0.3) is 11.8 Å². The van der Waals surface area contributed by atoms with Crippen LogP contribution in [0.5, 0.6) is 5.88 Å². The molecule has 2 amide bonds. The predicted molar refractivity (Wildman–Crippen MR) is 144 cm³/mol. The number of amides is 2. The van der Waals surface area contributed by atoms with Gasteiger partial charge in [0.2, 0.25) is 5.88 Å². The molecule has 200 valence electrons. The monoisotopic (exact) mass is 531 g/mol. The van der Waals surface area contributed by atoms with Gasteiger partial charge in [-0.3, -0.25) is 18.7 Å². The Balaban J connectivity index is 1.41. The van der Waals surface area contributed by atoms with Crippen molar-refractivity contribution in [2.75, 3.05) is 11.9 Å². The first-order valence-electron chi connectivity index (χ1n) is 12.2. The van der Waals surface area contributed by atoms with E-state index in [1.54, 1.807) is 49.4 Å². The summed E-state index contributed by atoms with van der Waals surface area (Å²) in [7, 11) is 1.47. The molecule has 0 spiro atoms. The topological polar surface area (TPSA) is 141 Å². The second kappa shape index (κ2) is 10.1. The lowest BCUT2D eigenvalue weighted by molar-refractivity contribution is -0.110. The van der Waals surface area contributed by atoms with E-state index in [-0.39, 0.29) is 30.4 Å². The zero-order valence-corrected chi connectivity index (χ0v) is 21.2. The number of imidazole rings is 1. The van der Waals surface area contributed by atoms with Gasteiger partial charge in [0.1, 0.15) is 5.82 Å². The lowest BCUT2D eigenvalue weighted by atomic mass is 9.94. The number of aliphatic hydroxyl groups is 1. The summed E-state index contributed by atoms with van der Waals surface area (Å²) in [5.74, 6) is -1.57. The molecule has 1 aliphatic heterocycles. The van der Waals surface area contributed by atoms with Gasteiger partial charge in [-0.1, -0.05) is 24.3 Å². The highest BCUT2D eigenvalue weighted by atomic mass is 19.1. The largest absolute Gasteiger partial charge is 0.493 e. The molecule has 11 heteroatoms. The number of nitrogens with one attached hydrogen (secondary N) is 3. The molecule has 1 aliphatic rings. The summed E-state index contributed by atoms with van der Waals surface area (Å²) in [4.78, 5) is 41.2. The highest BCUT2D eigenvalue weighted by Crippen LogP contribution is 2.40. The minimum atomic E-state index is -1.15. The Morgan fingerprint density at radius 3 is 2.67 bits per heavy atom. The summed E-state index contributed by atoms with van der Waals surface area (Å²) in [5.41, 5.74) is 3.53. The number of nitrogens with zero attached hydrogens (tertiary/aromatic N) is 2. The van der Waals surface area contributed by atoms with Gasteiger partial charge in [-0.05, 0) is 48.4 Å². The minimum absolute atomic E-state index is 0.188. The van der Waals surface area contributed by atoms with Gasteiger partial charge in [0, 0.05) is 30.5 Å². The molecular formula is C28H26FN5O5. The Morgan fingerprint density at radius 1 is 1.18 bits per heavy atom. The number of hydrogen-bond donors (Lipinski definition) is 5. The van der Waals surface area contributed by atoms with E-state index >= 15 is 0 Å². The molecule has 0 saturated heterocycles. The van der Waals surface area contributed by atoms with Crippen LogP contribution in [0.15, 0.2) is 59.5 Å². The van der Waals surface area contributed by atoms with Crippen molar-refractivity contribution in [3.63, 3.8) is 0 Å². The Bertz CT molecular complexity index is 1700. The molecule has 10 nitrogen and oxygen atoms in total. The summed E-state index contributed by atoms with van der Waals surface area (Å²) >= 11 is 0. The van der Waals surface area contributed by atoms with Crippen LogP contribution in [-0.2, 0) is 18.4 Å². The van der Waals surface area contributed by atoms with Crippen LogP contribution in [0.2, 0.25) is 0 Å². The lowest BCUT2D eigenvalue weighted by Crippen LogP contribution is -2.36. The molecule has 0 saturated carbocycles. The number of hydrogen-bond acceptors (Lipinski definition) is 5. The maximum Gasteiger partial charge on any atom is 0.330 e. The third kappa shape index (κ3) is 4.99. The SMILES string of the molecule is Cc1cc(C(=O)NC[C@@H](O)Cn2c(O)cn(C)c2=O)c(C=C2C(=O)Nc3cccc(-c4cccc(F)c4)c32)[nH]1. The van der Waals surface area contributed by atoms with E-state index in [9.17, 15) is 29.0 Å². The normalized spacial score (nSPS) is 14.4. The molecule has 2 aromatic carbocycles. The van der Waals surface area contributed by atoms with Gasteiger partial charge in [-0.2, -0.15) is 0 Å². The fourth-order valence-corrected chi connectivity index (χ4v) is 4.68. The molecule has 4 aromatic rings. The number of H-pyrrole nitrogens is 1. The standard InChI is InChI=1S/C28H26FN5O5/c1-15-9-20(26(37)30-12-18(35)13-34-24(36)14-33(2)28(34)39)23(31-15)11-21-25-19(16-5-3-6-17(29)10-16)7-4-8-22(25)32-27(21)38/h3-11,14,18,31,35-36H,12-13H2,1-2H3,(H,30,37)(H,32,38)/t18-/m1/s1. The molecule has 0 fully saturated rings. The fourth-order valence-electron chi connectivity index (χ4n) is 4.68. The minimum Gasteiger partial charge on any atom is -0.493 e. The van der Waals surface area contributed by atoms with Gasteiger partial charge in [-0.15, -0.1) is 0 Å². The van der Waals surface area contributed by atoms with Crippen LogP contribution in [0.4, 0.5) is 10.1 Å². The maximum atomic E-state index is 14.0. The number of rotatable bonds is 7. The van der Waals surface area contributed by atoms with E-state index in [0.29, 0.717) is 39.3 Å². The van der Waals surface area contributed by atoms with E-state index < -0.39 is 23.5 Å². The van der Waals surface area contributed by atoms with E-state index in [0.717, 1.165) is 4.57 Å². The van der Waals surface area contributed by atoms with E-state index in [4.69, 9.17) is 0 Å². The Kier molecular flexibility index (Phi) is 6.67. The summed E-state index contributed by atoms with van der Waals surface area (Å²) in [6.45, 7) is 1.36. The summed E-state index contributed by atoms with van der Waals surface area (Å²) in [6, 6.07) is 13.0. The molecule has 5 rings (SSSR count). The summed E-state index contributed by atoms with van der Waals surface area (Å²) < 4.78 is 16.1. The van der Waals surface area contributed by atoms with Crippen LogP contribution >= 0.6 is 0 Å². The molecule has 5 N–H and O–H groups in total. The van der Waals surface area contributed by atoms with Crippen molar-refractivity contribution < 1.29 is 24.2 Å². The highest BCUT2D eigenvalue weighted by Gasteiger charge is 2.28. The van der Waals surface area contributed by atoms with Crippen LogP contribution in [0.1, 0.15) is 27.3 Å². The molecule has 3 heterocycles. The molecule has 0 unspecified atom stereocenters. The number of halogens is 1. The molecule has 0 radical (unpaired) electrons. The van der Waals surface area contributed by atoms with Crippen molar-refractivity contribution in [2.45, 2.75) is 19.6 Å². The average Bonchev–Trinajstić information content (AvgIpc) is 3.51. The van der Waals surface area contributed by atoms with E-state index in [2.05, 4.69) is 15.6 Å². The average molecular weight is 532 g/mol. The van der Waals surface area contributed by atoms with E-state index in [1.165, 1.54) is 29.9 Å². The van der Waals surface area contributed by atoms with Crippen molar-refractivity contribution in [2.24, 2.45) is 7.05 Å². The van der Waals surface area contributed by atoms with Gasteiger partial charge >= 0.3 is 5.69 Å². The molecule has 2 aromatic heterocycles. The van der Waals surface area contributed by atoms with E-state index in [1.807, 2.05) is 0 Å². The Morgan fingerprint density at radius 2 is 1.95 bits per heavy atom. The number of benzene rings is 2. The molecule has 1 atom stereocenters. The second-order valence-electron chi connectivity index (χ2n) is 9.39. The van der Waals surface area contributed by atoms with Gasteiger partial charge < -0.3 is 25.8 Å². The highest BCUT2D eigenvalue weighted by molar-refractivity contribution is 6.36. The number of fused-ring (bicyclic) bond motifs is 1. The molecule has 0 aliphatic carbocycles. The van der Waals surface area contributed by atoms with Crippen molar-refractivity contribution in [3.8, 4) is 17.0 Å². The first kappa shape index (κ1) is 25.7. The Hall–Kier alpha value is -4.90. The third-order valence-electron chi connectivity index (χ3n) is 6.49. The number of aromatic hydroxyl groups is 1. The number of anilines is 1. The quantitative estimate of drug-likeness (QED) is 0.233. The van der Waals surface area contributed by atoms with Gasteiger partial charge in [-0.25, -0.2) is 9.18 Å². The third-order valence-corrected chi connectivity index (χ3v) is 6.49. The molecular weight excluding hydrogens is 505 g/mol. The van der Waals surface area contributed by atoms with Crippen LogP contribution in [0.3, 0.4) is 0 Å². The smallest absolute Gasteiger partial charge is 0.330 e. The van der Waals surface area contributed by atoms with Crippen LogP contribution < -0.4 is 16.3 Å². The maximum absolute atomic E-state index is 14.0. The number of aryl methyl sites for hydroxylation is 2. The first-order chi connectivity index (χ1) is 18.6. The number of aliphatic hydroxyl groups excluding tert-OH is 1. The summed E-state index contributed by atoms with van der Waals surface area (Å²) in [5, 5.41) is 25.7. The van der Waals surface area contributed by atoms with Crippen LogP contribution in [0.25, 0.3) is 22.8 Å². The Labute approximate surface area is 222 Å². The number of carbonyl (C=O) groups excluding carboxylic acids is 2. The van der Waals surface area contributed by atoms with Crippen LogP contribution in [-0.4, -0.2) is 48.8 Å². The van der Waals surface area contributed by atoms with Gasteiger partial charge in [0.15, 0.2) is 0 Å². The number of carbonyl (C=O) groups is 2. The second-order valence-corrected chi connectivity index (χ2v) is 9.39. The van der Waals surface area contributed by atoms with Crippen LogP contribution in [0, 0.1) is 12.7 Å².